The highest BCUT2D eigenvalue weighted by Crippen LogP contribution is 2.32. The smallest absolute Gasteiger partial charge is 0.275 e. The van der Waals surface area contributed by atoms with Gasteiger partial charge in [0, 0.05) is 11.9 Å². The Labute approximate surface area is 152 Å². The maximum absolute atomic E-state index is 12.5. The van der Waals surface area contributed by atoms with Crippen molar-refractivity contribution in [2.45, 2.75) is 20.4 Å². The van der Waals surface area contributed by atoms with E-state index in [1.54, 1.807) is 22.1 Å². The first-order valence-electron chi connectivity index (χ1n) is 7.81. The number of amides is 1. The summed E-state index contributed by atoms with van der Waals surface area (Å²) in [6.45, 7) is 4.47. The zero-order valence-electron chi connectivity index (χ0n) is 13.7. The van der Waals surface area contributed by atoms with Crippen LogP contribution in [0.25, 0.3) is 20.9 Å². The van der Waals surface area contributed by atoms with Crippen LogP contribution in [0.5, 0.6) is 0 Å². The van der Waals surface area contributed by atoms with Crippen molar-refractivity contribution in [1.82, 2.24) is 19.7 Å². The van der Waals surface area contributed by atoms with Gasteiger partial charge in [0.1, 0.15) is 16.4 Å². The lowest BCUT2D eigenvalue weighted by Crippen LogP contribution is -2.17. The Bertz CT molecular complexity index is 1030. The van der Waals surface area contributed by atoms with Crippen molar-refractivity contribution in [1.29, 1.82) is 0 Å². The van der Waals surface area contributed by atoms with Crippen molar-refractivity contribution >= 4 is 43.9 Å². The van der Waals surface area contributed by atoms with Crippen molar-refractivity contribution < 1.29 is 4.79 Å². The standard InChI is InChI=1S/C17H15N5OS2/c1-3-22-13(8-10(2)21-22)15(23)20-17-19-12(9-24-17)16-18-11-6-4-5-7-14(11)25-16/h4-9H,3H2,1-2H3,(H,19,20,23). The first kappa shape index (κ1) is 15.9. The van der Waals surface area contributed by atoms with Crippen molar-refractivity contribution in [2.24, 2.45) is 0 Å². The van der Waals surface area contributed by atoms with E-state index in [1.807, 2.05) is 43.5 Å². The topological polar surface area (TPSA) is 72.7 Å². The molecule has 1 amide bonds. The molecule has 6 nitrogen and oxygen atoms in total. The fourth-order valence-electron chi connectivity index (χ4n) is 2.54. The van der Waals surface area contributed by atoms with Gasteiger partial charge in [-0.05, 0) is 32.0 Å². The van der Waals surface area contributed by atoms with Gasteiger partial charge in [0.15, 0.2) is 5.13 Å². The Kier molecular flexibility index (Phi) is 4.06. The summed E-state index contributed by atoms with van der Waals surface area (Å²) in [6, 6.07) is 9.77. The average molecular weight is 369 g/mol. The maximum Gasteiger partial charge on any atom is 0.275 e. The number of aromatic nitrogens is 4. The van der Waals surface area contributed by atoms with Gasteiger partial charge in [-0.15, -0.1) is 22.7 Å². The van der Waals surface area contributed by atoms with Crippen LogP contribution in [-0.2, 0) is 6.54 Å². The van der Waals surface area contributed by atoms with Crippen LogP contribution in [0.15, 0.2) is 35.7 Å². The van der Waals surface area contributed by atoms with Crippen LogP contribution >= 0.6 is 22.7 Å². The molecule has 4 aromatic rings. The highest BCUT2D eigenvalue weighted by atomic mass is 32.1. The fraction of sp³-hybridized carbons (Fsp3) is 0.176. The quantitative estimate of drug-likeness (QED) is 0.585. The highest BCUT2D eigenvalue weighted by molar-refractivity contribution is 7.22. The number of anilines is 1. The summed E-state index contributed by atoms with van der Waals surface area (Å²) in [6.07, 6.45) is 0. The molecule has 3 heterocycles. The monoisotopic (exact) mass is 369 g/mol. The molecule has 126 valence electrons. The van der Waals surface area contributed by atoms with Crippen LogP contribution < -0.4 is 5.32 Å². The molecule has 0 unspecified atom stereocenters. The number of rotatable bonds is 4. The predicted molar refractivity (Wildman–Crippen MR) is 101 cm³/mol. The van der Waals surface area contributed by atoms with E-state index in [9.17, 15) is 4.79 Å². The molecule has 4 rings (SSSR count). The number of aryl methyl sites for hydroxylation is 2. The number of benzene rings is 1. The number of fused-ring (bicyclic) bond motifs is 1. The third-order valence-electron chi connectivity index (χ3n) is 3.67. The molecular weight excluding hydrogens is 354 g/mol. The average Bonchev–Trinajstić information content (AvgIpc) is 3.31. The molecular formula is C17H15N5OS2. The summed E-state index contributed by atoms with van der Waals surface area (Å²) >= 11 is 2.99. The van der Waals surface area contributed by atoms with E-state index < -0.39 is 0 Å². The number of thiazole rings is 2. The van der Waals surface area contributed by atoms with Gasteiger partial charge in [-0.3, -0.25) is 14.8 Å². The number of hydrogen-bond donors (Lipinski definition) is 1. The Hall–Kier alpha value is -2.58. The number of carbonyl (C=O) groups excluding carboxylic acids is 1. The molecule has 8 heteroatoms. The molecule has 3 aromatic heterocycles. The summed E-state index contributed by atoms with van der Waals surface area (Å²) in [4.78, 5) is 21.6. The van der Waals surface area contributed by atoms with Gasteiger partial charge < -0.3 is 0 Å². The Morgan fingerprint density at radius 1 is 1.28 bits per heavy atom. The van der Waals surface area contributed by atoms with Crippen LogP contribution in [0.2, 0.25) is 0 Å². The minimum atomic E-state index is -0.201. The van der Waals surface area contributed by atoms with Crippen molar-refractivity contribution in [3.05, 3.63) is 47.1 Å². The van der Waals surface area contributed by atoms with E-state index in [0.717, 1.165) is 26.6 Å². The summed E-state index contributed by atoms with van der Waals surface area (Å²) in [5.74, 6) is -0.201. The second-order valence-electron chi connectivity index (χ2n) is 5.47. The molecule has 0 saturated heterocycles. The SMILES string of the molecule is CCn1nc(C)cc1C(=O)Nc1nc(-c2nc3ccccc3s2)cs1. The zero-order valence-corrected chi connectivity index (χ0v) is 15.3. The molecule has 0 atom stereocenters. The van der Waals surface area contributed by atoms with E-state index in [-0.39, 0.29) is 5.91 Å². The Morgan fingerprint density at radius 3 is 2.92 bits per heavy atom. The van der Waals surface area contributed by atoms with Gasteiger partial charge in [-0.25, -0.2) is 9.97 Å². The molecule has 25 heavy (non-hydrogen) atoms. The molecule has 0 aliphatic heterocycles. The molecule has 0 spiro atoms. The third kappa shape index (κ3) is 3.06. The minimum absolute atomic E-state index is 0.201. The number of nitrogens with zero attached hydrogens (tertiary/aromatic N) is 4. The zero-order chi connectivity index (χ0) is 17.4. The fourth-order valence-corrected chi connectivity index (χ4v) is 4.23. The molecule has 1 aromatic carbocycles. The number of carbonyl (C=O) groups is 1. The largest absolute Gasteiger partial charge is 0.296 e. The van der Waals surface area contributed by atoms with Crippen LogP contribution in [0.4, 0.5) is 5.13 Å². The molecule has 0 aliphatic rings. The lowest BCUT2D eigenvalue weighted by molar-refractivity contribution is 0.101. The molecule has 0 saturated carbocycles. The first-order chi connectivity index (χ1) is 12.1. The third-order valence-corrected chi connectivity index (χ3v) is 5.49. The van der Waals surface area contributed by atoms with E-state index in [2.05, 4.69) is 20.4 Å². The van der Waals surface area contributed by atoms with E-state index in [1.165, 1.54) is 11.3 Å². The second kappa shape index (κ2) is 6.38. The summed E-state index contributed by atoms with van der Waals surface area (Å²) < 4.78 is 2.81. The molecule has 0 aliphatic carbocycles. The van der Waals surface area contributed by atoms with E-state index in [0.29, 0.717) is 17.4 Å². The van der Waals surface area contributed by atoms with Gasteiger partial charge in [-0.2, -0.15) is 5.10 Å². The minimum Gasteiger partial charge on any atom is -0.296 e. The summed E-state index contributed by atoms with van der Waals surface area (Å²) in [7, 11) is 0. The number of para-hydroxylation sites is 1. The predicted octanol–water partition coefficient (Wildman–Crippen LogP) is 4.20. The van der Waals surface area contributed by atoms with E-state index >= 15 is 0 Å². The van der Waals surface area contributed by atoms with Crippen molar-refractivity contribution in [3.8, 4) is 10.7 Å². The maximum atomic E-state index is 12.5. The molecule has 1 N–H and O–H groups in total. The molecule has 0 fully saturated rings. The van der Waals surface area contributed by atoms with Gasteiger partial charge in [-0.1, -0.05) is 12.1 Å². The van der Waals surface area contributed by atoms with Crippen LogP contribution in [0, 0.1) is 6.92 Å². The van der Waals surface area contributed by atoms with Crippen LogP contribution in [0.3, 0.4) is 0 Å². The lowest BCUT2D eigenvalue weighted by Gasteiger charge is -2.03. The van der Waals surface area contributed by atoms with Gasteiger partial charge in [0.2, 0.25) is 0 Å². The molecule has 0 radical (unpaired) electrons. The highest BCUT2D eigenvalue weighted by Gasteiger charge is 2.16. The summed E-state index contributed by atoms with van der Waals surface area (Å²) in [5.41, 5.74) is 3.10. The summed E-state index contributed by atoms with van der Waals surface area (Å²) in [5, 5.41) is 10.5. The Morgan fingerprint density at radius 2 is 2.12 bits per heavy atom. The Balaban J connectivity index is 1.57. The van der Waals surface area contributed by atoms with Crippen molar-refractivity contribution in [3.63, 3.8) is 0 Å². The second-order valence-corrected chi connectivity index (χ2v) is 7.35. The first-order valence-corrected chi connectivity index (χ1v) is 9.51. The number of hydrogen-bond acceptors (Lipinski definition) is 6. The molecule has 0 bridgehead atoms. The van der Waals surface area contributed by atoms with Gasteiger partial charge in [0.25, 0.3) is 5.91 Å². The van der Waals surface area contributed by atoms with Gasteiger partial charge >= 0.3 is 0 Å². The normalized spacial score (nSPS) is 11.1. The number of nitrogens with one attached hydrogen (secondary N) is 1. The van der Waals surface area contributed by atoms with Crippen LogP contribution in [-0.4, -0.2) is 25.7 Å². The van der Waals surface area contributed by atoms with Gasteiger partial charge in [0.05, 0.1) is 15.9 Å². The van der Waals surface area contributed by atoms with E-state index in [4.69, 9.17) is 0 Å². The van der Waals surface area contributed by atoms with Crippen LogP contribution in [0.1, 0.15) is 23.1 Å². The lowest BCUT2D eigenvalue weighted by atomic mass is 10.3. The van der Waals surface area contributed by atoms with Crippen molar-refractivity contribution in [2.75, 3.05) is 5.32 Å².